The predicted octanol–water partition coefficient (Wildman–Crippen LogP) is 4.85. The first kappa shape index (κ1) is 24.1. The van der Waals surface area contributed by atoms with E-state index >= 15 is 0 Å². The van der Waals surface area contributed by atoms with Gasteiger partial charge in [0.25, 0.3) is 0 Å². The molecule has 2 rings (SSSR count). The number of hydrogen-bond acceptors (Lipinski definition) is 2. The van der Waals surface area contributed by atoms with E-state index in [-0.39, 0.29) is 29.5 Å². The molecule has 0 fully saturated rings. The molecule has 1 aliphatic rings. The molecule has 1 aromatic rings. The largest absolute Gasteiger partial charge is 0.355 e. The minimum absolute atomic E-state index is 0.0130. The molecule has 0 saturated heterocycles. The lowest BCUT2D eigenvalue weighted by molar-refractivity contribution is -0.128. The third-order valence-electron chi connectivity index (χ3n) is 6.10. The molecule has 0 spiro atoms. The van der Waals surface area contributed by atoms with Crippen LogP contribution in [0.15, 0.2) is 35.9 Å². The Morgan fingerprint density at radius 1 is 1.13 bits per heavy atom. The van der Waals surface area contributed by atoms with Crippen molar-refractivity contribution in [2.24, 2.45) is 29.1 Å². The van der Waals surface area contributed by atoms with Crippen LogP contribution in [0.4, 0.5) is 4.39 Å². The summed E-state index contributed by atoms with van der Waals surface area (Å²) in [7, 11) is 0. The molecule has 3 atom stereocenters. The summed E-state index contributed by atoms with van der Waals surface area (Å²) in [4.78, 5) is 24.8. The van der Waals surface area contributed by atoms with E-state index in [1.807, 2.05) is 20.8 Å². The molecule has 0 saturated carbocycles. The van der Waals surface area contributed by atoms with Crippen LogP contribution in [0.1, 0.15) is 59.9 Å². The Morgan fingerprint density at radius 2 is 1.77 bits per heavy atom. The Hall–Kier alpha value is -2.17. The van der Waals surface area contributed by atoms with Gasteiger partial charge in [-0.05, 0) is 54.7 Å². The maximum atomic E-state index is 13.0. The zero-order valence-electron chi connectivity index (χ0n) is 19.2. The van der Waals surface area contributed by atoms with Gasteiger partial charge in [0.15, 0.2) is 0 Å². The highest BCUT2D eigenvalue weighted by atomic mass is 19.1. The average molecular weight is 417 g/mol. The minimum Gasteiger partial charge on any atom is -0.355 e. The standard InChI is InChI=1S/C25H37FN2O2/c1-16(2)22-12-19(13-23(29)27-14-18-7-9-21(26)10-8-18)17(3)11-20(22)15-28-24(30)25(4,5)6/h7-11,16,19-20,22H,12-15H2,1-6H3,(H,27,29)(H,28,30). The van der Waals surface area contributed by atoms with E-state index in [4.69, 9.17) is 0 Å². The number of halogens is 1. The quantitative estimate of drug-likeness (QED) is 0.624. The van der Waals surface area contributed by atoms with Crippen molar-refractivity contribution in [3.8, 4) is 0 Å². The number of carbonyl (C=O) groups excluding carboxylic acids is 2. The zero-order chi connectivity index (χ0) is 22.5. The van der Waals surface area contributed by atoms with Gasteiger partial charge in [0.05, 0.1) is 0 Å². The lowest BCUT2D eigenvalue weighted by Gasteiger charge is -2.37. The van der Waals surface area contributed by atoms with Crippen LogP contribution >= 0.6 is 0 Å². The van der Waals surface area contributed by atoms with Crippen molar-refractivity contribution >= 4 is 11.8 Å². The van der Waals surface area contributed by atoms with Crippen LogP contribution < -0.4 is 10.6 Å². The van der Waals surface area contributed by atoms with Crippen molar-refractivity contribution < 1.29 is 14.0 Å². The second kappa shape index (κ2) is 10.2. The summed E-state index contributed by atoms with van der Waals surface area (Å²) in [6.45, 7) is 13.3. The smallest absolute Gasteiger partial charge is 0.225 e. The Kier molecular flexibility index (Phi) is 8.22. The van der Waals surface area contributed by atoms with Crippen LogP contribution in [-0.2, 0) is 16.1 Å². The number of hydrogen-bond donors (Lipinski definition) is 2. The molecule has 5 heteroatoms. The molecular weight excluding hydrogens is 379 g/mol. The normalized spacial score (nSPS) is 21.9. The van der Waals surface area contributed by atoms with Gasteiger partial charge in [-0.2, -0.15) is 0 Å². The number of rotatable bonds is 7. The van der Waals surface area contributed by atoms with E-state index in [1.54, 1.807) is 12.1 Å². The molecule has 1 aromatic carbocycles. The maximum Gasteiger partial charge on any atom is 0.225 e. The molecule has 1 aliphatic carbocycles. The van der Waals surface area contributed by atoms with Crippen LogP contribution in [-0.4, -0.2) is 18.4 Å². The summed E-state index contributed by atoms with van der Waals surface area (Å²) in [5.74, 6) is 1.19. The van der Waals surface area contributed by atoms with E-state index < -0.39 is 5.41 Å². The van der Waals surface area contributed by atoms with Crippen LogP contribution in [0.5, 0.6) is 0 Å². The van der Waals surface area contributed by atoms with Gasteiger partial charge in [0.2, 0.25) is 11.8 Å². The van der Waals surface area contributed by atoms with Gasteiger partial charge in [-0.15, -0.1) is 0 Å². The summed E-state index contributed by atoms with van der Waals surface area (Å²) in [6.07, 6.45) is 3.66. The van der Waals surface area contributed by atoms with E-state index in [0.717, 1.165) is 12.0 Å². The first-order valence-corrected chi connectivity index (χ1v) is 10.9. The molecule has 0 aliphatic heterocycles. The second-order valence-electron chi connectivity index (χ2n) is 9.98. The zero-order valence-corrected chi connectivity index (χ0v) is 19.2. The molecule has 166 valence electrons. The Balaban J connectivity index is 1.96. The van der Waals surface area contributed by atoms with E-state index in [2.05, 4.69) is 37.5 Å². The lowest BCUT2D eigenvalue weighted by Crippen LogP contribution is -2.41. The Bertz CT molecular complexity index is 762. The third-order valence-corrected chi connectivity index (χ3v) is 6.10. The molecule has 3 unspecified atom stereocenters. The fourth-order valence-corrected chi connectivity index (χ4v) is 4.08. The first-order chi connectivity index (χ1) is 14.0. The summed E-state index contributed by atoms with van der Waals surface area (Å²) in [5, 5.41) is 6.06. The van der Waals surface area contributed by atoms with Gasteiger partial charge in [0.1, 0.15) is 5.82 Å². The second-order valence-corrected chi connectivity index (χ2v) is 9.98. The van der Waals surface area contributed by atoms with Gasteiger partial charge in [-0.1, -0.05) is 58.4 Å². The molecule has 2 amide bonds. The molecule has 0 radical (unpaired) electrons. The predicted molar refractivity (Wildman–Crippen MR) is 119 cm³/mol. The SMILES string of the molecule is CC1=CC(CNC(=O)C(C)(C)C)C(C(C)C)CC1CC(=O)NCc1ccc(F)cc1. The number of carbonyl (C=O) groups is 2. The van der Waals surface area contributed by atoms with Crippen molar-refractivity contribution in [1.29, 1.82) is 0 Å². The molecular formula is C25H37FN2O2. The van der Waals surface area contributed by atoms with Crippen LogP contribution in [0.25, 0.3) is 0 Å². The van der Waals surface area contributed by atoms with Gasteiger partial charge in [-0.25, -0.2) is 4.39 Å². The number of benzene rings is 1. The first-order valence-electron chi connectivity index (χ1n) is 10.9. The Morgan fingerprint density at radius 3 is 2.33 bits per heavy atom. The molecule has 4 nitrogen and oxygen atoms in total. The Labute approximate surface area is 180 Å². The monoisotopic (exact) mass is 416 g/mol. The molecule has 0 heterocycles. The maximum absolute atomic E-state index is 13.0. The molecule has 2 N–H and O–H groups in total. The van der Waals surface area contributed by atoms with Gasteiger partial charge in [-0.3, -0.25) is 9.59 Å². The number of nitrogens with one attached hydrogen (secondary N) is 2. The third kappa shape index (κ3) is 6.96. The van der Waals surface area contributed by atoms with Crippen molar-refractivity contribution in [3.63, 3.8) is 0 Å². The number of allylic oxidation sites excluding steroid dienone is 1. The number of amides is 2. The highest BCUT2D eigenvalue weighted by Gasteiger charge is 2.33. The van der Waals surface area contributed by atoms with Crippen molar-refractivity contribution in [2.45, 2.75) is 60.9 Å². The van der Waals surface area contributed by atoms with Crippen molar-refractivity contribution in [3.05, 3.63) is 47.3 Å². The lowest BCUT2D eigenvalue weighted by atomic mass is 9.69. The van der Waals surface area contributed by atoms with E-state index in [1.165, 1.54) is 17.7 Å². The molecule has 0 aromatic heterocycles. The van der Waals surface area contributed by atoms with Crippen LogP contribution in [0.3, 0.4) is 0 Å². The van der Waals surface area contributed by atoms with E-state index in [9.17, 15) is 14.0 Å². The topological polar surface area (TPSA) is 58.2 Å². The van der Waals surface area contributed by atoms with Crippen molar-refractivity contribution in [1.82, 2.24) is 10.6 Å². The highest BCUT2D eigenvalue weighted by Crippen LogP contribution is 2.38. The molecule has 0 bridgehead atoms. The van der Waals surface area contributed by atoms with Crippen molar-refractivity contribution in [2.75, 3.05) is 6.54 Å². The summed E-state index contributed by atoms with van der Waals surface area (Å²) < 4.78 is 13.0. The van der Waals surface area contributed by atoms with E-state index in [0.29, 0.717) is 31.3 Å². The summed E-state index contributed by atoms with van der Waals surface area (Å²) in [5.41, 5.74) is 1.71. The average Bonchev–Trinajstić information content (AvgIpc) is 2.66. The van der Waals surface area contributed by atoms with Gasteiger partial charge >= 0.3 is 0 Å². The summed E-state index contributed by atoms with van der Waals surface area (Å²) in [6, 6.07) is 6.18. The van der Waals surface area contributed by atoms with Gasteiger partial charge < -0.3 is 10.6 Å². The fourth-order valence-electron chi connectivity index (χ4n) is 4.08. The molecule has 30 heavy (non-hydrogen) atoms. The van der Waals surface area contributed by atoms with Crippen LogP contribution in [0, 0.1) is 34.9 Å². The van der Waals surface area contributed by atoms with Gasteiger partial charge in [0, 0.05) is 24.9 Å². The minimum atomic E-state index is -0.397. The summed E-state index contributed by atoms with van der Waals surface area (Å²) >= 11 is 0. The van der Waals surface area contributed by atoms with Crippen LogP contribution in [0.2, 0.25) is 0 Å². The fraction of sp³-hybridized carbons (Fsp3) is 0.600. The highest BCUT2D eigenvalue weighted by molar-refractivity contribution is 5.81.